The number of hydrogen-bond acceptors (Lipinski definition) is 7. The van der Waals surface area contributed by atoms with Gasteiger partial charge in [0.25, 0.3) is 0 Å². The number of benzene rings is 2. The van der Waals surface area contributed by atoms with Crippen molar-refractivity contribution in [2.45, 2.75) is 54.9 Å². The number of hydrogen-bond donors (Lipinski definition) is 0. The number of likely N-dealkylation sites (tertiary alicyclic amines) is 1. The first-order valence-electron chi connectivity index (χ1n) is 12.8. The number of methoxy groups -OCH3 is 2. The van der Waals surface area contributed by atoms with Crippen LogP contribution in [0.15, 0.2) is 52.4 Å². The van der Waals surface area contributed by atoms with Crippen LogP contribution in [0.4, 0.5) is 5.69 Å². The molecular weight excluding hydrogens is 474 g/mol. The predicted molar refractivity (Wildman–Crippen MR) is 142 cm³/mol. The van der Waals surface area contributed by atoms with E-state index in [4.69, 9.17) is 9.47 Å². The minimum atomic E-state index is -3.86. The summed E-state index contributed by atoms with van der Waals surface area (Å²) in [6, 6.07) is 11.4. The fourth-order valence-electron chi connectivity index (χ4n) is 5.65. The molecule has 2 saturated heterocycles. The second-order valence-corrected chi connectivity index (χ2v) is 11.7. The first-order chi connectivity index (χ1) is 17.4. The van der Waals surface area contributed by atoms with Crippen molar-refractivity contribution in [2.24, 2.45) is 0 Å². The van der Waals surface area contributed by atoms with Crippen LogP contribution in [0.1, 0.15) is 37.7 Å². The predicted octanol–water partition coefficient (Wildman–Crippen LogP) is 4.85. The van der Waals surface area contributed by atoms with Gasteiger partial charge >= 0.3 is 0 Å². The number of fused-ring (bicyclic) bond motifs is 1. The maximum atomic E-state index is 14.0. The number of aryl methyl sites for hydroxylation is 1. The highest BCUT2D eigenvalue weighted by Crippen LogP contribution is 2.39. The average molecular weight is 510 g/mol. The topological polar surface area (TPSA) is 72.0 Å². The van der Waals surface area contributed by atoms with Gasteiger partial charge in [0.15, 0.2) is 11.5 Å². The number of rotatable bonds is 6. The Balaban J connectivity index is 1.56. The highest BCUT2D eigenvalue weighted by atomic mass is 32.2. The molecule has 0 radical (unpaired) electrons. The molecule has 2 aromatic carbocycles. The maximum Gasteiger partial charge on any atom is 0.210 e. The van der Waals surface area contributed by atoms with Crippen LogP contribution in [-0.4, -0.2) is 64.7 Å². The molecular formula is C28H35N3O4S. The summed E-state index contributed by atoms with van der Waals surface area (Å²) in [6.07, 6.45) is 7.48. The van der Waals surface area contributed by atoms with Gasteiger partial charge in [0.2, 0.25) is 9.84 Å². The Hall–Kier alpha value is -2.84. The van der Waals surface area contributed by atoms with Crippen LogP contribution < -0.4 is 14.4 Å². The number of piperidine rings is 2. The van der Waals surface area contributed by atoms with Crippen LogP contribution in [-0.2, 0) is 9.84 Å². The van der Waals surface area contributed by atoms with E-state index >= 15 is 0 Å². The molecule has 3 heterocycles. The lowest BCUT2D eigenvalue weighted by Gasteiger charge is -2.41. The van der Waals surface area contributed by atoms with Gasteiger partial charge in [-0.3, -0.25) is 4.98 Å². The molecule has 0 atom stereocenters. The summed E-state index contributed by atoms with van der Waals surface area (Å²) in [4.78, 5) is 9.87. The normalized spacial score (nSPS) is 17.9. The molecule has 2 aliphatic rings. The van der Waals surface area contributed by atoms with Crippen LogP contribution in [0.25, 0.3) is 10.9 Å². The second-order valence-electron chi connectivity index (χ2n) is 9.83. The molecule has 3 aromatic rings. The number of aromatic nitrogens is 1. The first kappa shape index (κ1) is 24.8. The standard InChI is InChI=1S/C28H35N3O4S/c1-20-7-9-24-23(17-20)28(31-15-11-21(12-16-31)30-13-5-4-6-14-30)27(19-29-24)36(32,33)22-8-10-25(34-2)26(18-22)35-3/h7-10,17-19,21H,4-6,11-16H2,1-3H3. The zero-order chi connectivity index (χ0) is 25.3. The summed E-state index contributed by atoms with van der Waals surface area (Å²) >= 11 is 0. The number of pyridine rings is 1. The molecule has 1 aromatic heterocycles. The van der Waals surface area contributed by atoms with E-state index in [2.05, 4.69) is 20.9 Å². The molecule has 0 N–H and O–H groups in total. The Kier molecular flexibility index (Phi) is 7.08. The van der Waals surface area contributed by atoms with Crippen molar-refractivity contribution in [3.05, 3.63) is 48.2 Å². The van der Waals surface area contributed by atoms with Crippen LogP contribution in [0, 0.1) is 6.92 Å². The van der Waals surface area contributed by atoms with Crippen LogP contribution in [0.5, 0.6) is 11.5 Å². The smallest absolute Gasteiger partial charge is 0.210 e. The van der Waals surface area contributed by atoms with Gasteiger partial charge in [-0.2, -0.15) is 0 Å². The van der Waals surface area contributed by atoms with E-state index in [9.17, 15) is 8.42 Å². The molecule has 5 rings (SSSR count). The minimum absolute atomic E-state index is 0.165. The Morgan fingerprint density at radius 3 is 2.31 bits per heavy atom. The summed E-state index contributed by atoms with van der Waals surface area (Å²) in [7, 11) is -0.824. The molecule has 7 nitrogen and oxygen atoms in total. The van der Waals surface area contributed by atoms with Gasteiger partial charge in [-0.05, 0) is 70.0 Å². The molecule has 0 spiro atoms. The Labute approximate surface area is 213 Å². The molecule has 0 saturated carbocycles. The SMILES string of the molecule is COc1ccc(S(=O)(=O)c2cnc3ccc(C)cc3c2N2CCC(N3CCCCC3)CC2)cc1OC. The van der Waals surface area contributed by atoms with E-state index in [1.165, 1.54) is 58.8 Å². The van der Waals surface area contributed by atoms with Crippen molar-refractivity contribution >= 4 is 26.4 Å². The van der Waals surface area contributed by atoms with Gasteiger partial charge in [0, 0.05) is 36.8 Å². The highest BCUT2D eigenvalue weighted by Gasteiger charge is 2.31. The van der Waals surface area contributed by atoms with Gasteiger partial charge in [-0.25, -0.2) is 8.42 Å². The van der Waals surface area contributed by atoms with Crippen molar-refractivity contribution in [3.63, 3.8) is 0 Å². The largest absolute Gasteiger partial charge is 0.493 e. The summed E-state index contributed by atoms with van der Waals surface area (Å²) in [5, 5.41) is 0.882. The average Bonchev–Trinajstić information content (AvgIpc) is 2.92. The third-order valence-electron chi connectivity index (χ3n) is 7.60. The third kappa shape index (κ3) is 4.64. The molecule has 0 amide bonds. The Morgan fingerprint density at radius 2 is 1.61 bits per heavy atom. The van der Waals surface area contributed by atoms with E-state index in [0.29, 0.717) is 17.5 Å². The van der Waals surface area contributed by atoms with E-state index in [0.717, 1.165) is 48.1 Å². The molecule has 0 bridgehead atoms. The summed E-state index contributed by atoms with van der Waals surface area (Å²) < 4.78 is 38.8. The van der Waals surface area contributed by atoms with Crippen molar-refractivity contribution in [1.29, 1.82) is 0 Å². The van der Waals surface area contributed by atoms with Crippen molar-refractivity contribution in [2.75, 3.05) is 45.3 Å². The van der Waals surface area contributed by atoms with E-state index in [-0.39, 0.29) is 9.79 Å². The summed E-state index contributed by atoms with van der Waals surface area (Å²) in [5.74, 6) is 0.871. The lowest BCUT2D eigenvalue weighted by molar-refractivity contribution is 0.141. The lowest BCUT2D eigenvalue weighted by Crippen LogP contribution is -2.47. The van der Waals surface area contributed by atoms with Crippen LogP contribution in [0.3, 0.4) is 0 Å². The number of ether oxygens (including phenoxy) is 2. The molecule has 8 heteroatoms. The molecule has 2 aliphatic heterocycles. The van der Waals surface area contributed by atoms with Crippen molar-refractivity contribution in [3.8, 4) is 11.5 Å². The van der Waals surface area contributed by atoms with Gasteiger partial charge in [0.05, 0.1) is 30.3 Å². The monoisotopic (exact) mass is 509 g/mol. The Bertz CT molecular complexity index is 1340. The Morgan fingerprint density at radius 1 is 0.889 bits per heavy atom. The lowest BCUT2D eigenvalue weighted by atomic mass is 9.99. The van der Waals surface area contributed by atoms with Crippen LogP contribution in [0.2, 0.25) is 0 Å². The van der Waals surface area contributed by atoms with E-state index in [1.54, 1.807) is 12.1 Å². The van der Waals surface area contributed by atoms with E-state index < -0.39 is 9.84 Å². The fraction of sp³-hybridized carbons (Fsp3) is 0.464. The van der Waals surface area contributed by atoms with E-state index in [1.807, 2.05) is 19.1 Å². The van der Waals surface area contributed by atoms with Crippen LogP contribution >= 0.6 is 0 Å². The van der Waals surface area contributed by atoms with Gasteiger partial charge < -0.3 is 19.3 Å². The van der Waals surface area contributed by atoms with Crippen molar-refractivity contribution < 1.29 is 17.9 Å². The molecule has 2 fully saturated rings. The van der Waals surface area contributed by atoms with Gasteiger partial charge in [0.1, 0.15) is 4.90 Å². The number of sulfone groups is 1. The third-order valence-corrected chi connectivity index (χ3v) is 9.36. The molecule has 36 heavy (non-hydrogen) atoms. The number of anilines is 1. The maximum absolute atomic E-state index is 14.0. The summed E-state index contributed by atoms with van der Waals surface area (Å²) in [6.45, 7) is 6.04. The minimum Gasteiger partial charge on any atom is -0.493 e. The van der Waals surface area contributed by atoms with Crippen molar-refractivity contribution in [1.82, 2.24) is 9.88 Å². The zero-order valence-corrected chi connectivity index (χ0v) is 22.2. The molecule has 0 aliphatic carbocycles. The number of nitrogens with zero attached hydrogens (tertiary/aromatic N) is 3. The second kappa shape index (κ2) is 10.3. The van der Waals surface area contributed by atoms with Gasteiger partial charge in [-0.15, -0.1) is 0 Å². The molecule has 0 unspecified atom stereocenters. The van der Waals surface area contributed by atoms with Gasteiger partial charge in [-0.1, -0.05) is 18.1 Å². The first-order valence-corrected chi connectivity index (χ1v) is 14.3. The summed E-state index contributed by atoms with van der Waals surface area (Å²) in [5.41, 5.74) is 2.64. The fourth-order valence-corrected chi connectivity index (χ4v) is 7.09. The zero-order valence-electron chi connectivity index (χ0n) is 21.4. The highest BCUT2D eigenvalue weighted by molar-refractivity contribution is 7.91. The quantitative estimate of drug-likeness (QED) is 0.470. The molecule has 192 valence electrons.